The fraction of sp³-hybridized carbons (Fsp3) is 0.423. The van der Waals surface area contributed by atoms with E-state index >= 15 is 4.39 Å². The van der Waals surface area contributed by atoms with Crippen LogP contribution >= 0.6 is 0 Å². The molecule has 0 aliphatic carbocycles. The minimum Gasteiger partial charge on any atom is -0.445 e. The molecule has 1 aliphatic rings. The standard InChI is InChI=1S/C52H64F2N8O9/c1-33(2)46(59-42(64)16-11-8-12-26-61-44(66)23-24-45(61)67)49(68)56-29-43(65)57-38-20-17-36(18-21-38)32-71-51(70)55-25-13-27-62(50(69)34(3)63)47(52(4,5)6)48-58-41(39-28-37(53)19-22-40(39)54)31-60(48)30-35-14-9-7-10-15-35/h7,9-10,14-15,17-24,28,31,33-34,46-47,63H,8,11-13,16,25-27,29-30,32H2,1-6H3,(H,55,70)(H,56,68)(H,57,65)(H,59,64)/t34-,46?,47-/m0/s1. The summed E-state index contributed by atoms with van der Waals surface area (Å²) in [7, 11) is 0. The van der Waals surface area contributed by atoms with Gasteiger partial charge in [-0.2, -0.15) is 0 Å². The van der Waals surface area contributed by atoms with Gasteiger partial charge in [-0.25, -0.2) is 18.6 Å². The Morgan fingerprint density at radius 1 is 0.831 bits per heavy atom. The number of unbranched alkanes of at least 4 members (excludes halogenated alkanes) is 2. The average molecular weight is 983 g/mol. The van der Waals surface area contributed by atoms with Gasteiger partial charge in [-0.3, -0.25) is 33.7 Å². The molecule has 71 heavy (non-hydrogen) atoms. The summed E-state index contributed by atoms with van der Waals surface area (Å²) < 4.78 is 36.7. The van der Waals surface area contributed by atoms with E-state index in [-0.39, 0.29) is 80.5 Å². The largest absolute Gasteiger partial charge is 0.445 e. The highest BCUT2D eigenvalue weighted by molar-refractivity contribution is 6.12. The number of aliphatic hydroxyl groups excluding tert-OH is 1. The second kappa shape index (κ2) is 25.5. The van der Waals surface area contributed by atoms with Gasteiger partial charge < -0.3 is 40.6 Å². The number of aromatic nitrogens is 2. The van der Waals surface area contributed by atoms with Crippen molar-refractivity contribution in [3.05, 3.63) is 120 Å². The van der Waals surface area contributed by atoms with Gasteiger partial charge in [0.2, 0.25) is 17.7 Å². The predicted octanol–water partition coefficient (Wildman–Crippen LogP) is 6.17. The number of amides is 7. The van der Waals surface area contributed by atoms with E-state index in [1.807, 2.05) is 51.1 Å². The van der Waals surface area contributed by atoms with Crippen molar-refractivity contribution in [1.29, 1.82) is 0 Å². The molecule has 17 nitrogen and oxygen atoms in total. The molecule has 2 heterocycles. The molecule has 7 amide bonds. The highest BCUT2D eigenvalue weighted by Crippen LogP contribution is 2.40. The smallest absolute Gasteiger partial charge is 0.407 e. The van der Waals surface area contributed by atoms with Gasteiger partial charge in [-0.05, 0) is 79.0 Å². The van der Waals surface area contributed by atoms with Crippen LogP contribution in [-0.2, 0) is 46.7 Å². The molecule has 3 aromatic carbocycles. The number of ether oxygens (including phenoxy) is 1. The number of carbonyl (C=O) groups is 7. The fourth-order valence-corrected chi connectivity index (χ4v) is 7.95. The minimum atomic E-state index is -1.39. The van der Waals surface area contributed by atoms with Crippen molar-refractivity contribution >= 4 is 47.2 Å². The van der Waals surface area contributed by atoms with Crippen LogP contribution in [-0.4, -0.2) is 104 Å². The molecule has 0 bridgehead atoms. The maximum Gasteiger partial charge on any atom is 0.407 e. The van der Waals surface area contributed by atoms with E-state index in [1.54, 1.807) is 48.9 Å². The van der Waals surface area contributed by atoms with E-state index in [2.05, 4.69) is 21.3 Å². The summed E-state index contributed by atoms with van der Waals surface area (Å²) in [6.45, 7) is 10.9. The number of nitrogens with one attached hydrogen (secondary N) is 4. The first-order valence-electron chi connectivity index (χ1n) is 23.7. The molecule has 0 spiro atoms. The number of aliphatic hydroxyl groups is 1. The van der Waals surface area contributed by atoms with Crippen molar-refractivity contribution in [2.45, 2.75) is 105 Å². The zero-order chi connectivity index (χ0) is 51.8. The number of hydrogen-bond acceptors (Lipinski definition) is 10. The number of imidazole rings is 1. The molecular weight excluding hydrogens is 919 g/mol. The lowest BCUT2D eigenvalue weighted by atomic mass is 9.84. The molecule has 0 fully saturated rings. The van der Waals surface area contributed by atoms with Crippen molar-refractivity contribution in [3.8, 4) is 11.3 Å². The van der Waals surface area contributed by atoms with Crippen LogP contribution in [0.4, 0.5) is 19.3 Å². The first kappa shape index (κ1) is 54.7. The van der Waals surface area contributed by atoms with Gasteiger partial charge in [-0.15, -0.1) is 0 Å². The topological polar surface area (TPSA) is 221 Å². The van der Waals surface area contributed by atoms with Crippen molar-refractivity contribution < 1.29 is 52.2 Å². The molecule has 5 rings (SSSR count). The normalized spacial score (nSPS) is 13.7. The highest BCUT2D eigenvalue weighted by Gasteiger charge is 2.39. The SMILES string of the molecule is CC(C)C(NC(=O)CCCCCN1C(=O)C=CC1=O)C(=O)NCC(=O)Nc1ccc(COC(=O)NCCCN(C(=O)[C@H](C)O)[C@@H](c2nc(-c3cc(F)ccc3F)cn2Cc2ccccc2)C(C)(C)C)cc1. The number of alkyl carbamates (subject to hydrolysis) is 1. The molecule has 380 valence electrons. The minimum absolute atomic E-state index is 0.0430. The molecule has 5 N–H and O–H groups in total. The highest BCUT2D eigenvalue weighted by atomic mass is 19.1. The van der Waals surface area contributed by atoms with Crippen LogP contribution in [0.1, 0.15) is 96.6 Å². The predicted molar refractivity (Wildman–Crippen MR) is 261 cm³/mol. The van der Waals surface area contributed by atoms with Gasteiger partial charge in [0.1, 0.15) is 36.2 Å². The summed E-state index contributed by atoms with van der Waals surface area (Å²) in [4.78, 5) is 95.7. The van der Waals surface area contributed by atoms with Crippen LogP contribution in [0.25, 0.3) is 11.3 Å². The molecule has 19 heteroatoms. The van der Waals surface area contributed by atoms with Crippen LogP contribution in [0, 0.1) is 23.0 Å². The Morgan fingerprint density at radius 3 is 2.17 bits per heavy atom. The van der Waals surface area contributed by atoms with E-state index in [0.717, 1.165) is 28.7 Å². The molecule has 1 unspecified atom stereocenters. The third-order valence-corrected chi connectivity index (χ3v) is 11.6. The Morgan fingerprint density at radius 2 is 1.52 bits per heavy atom. The summed E-state index contributed by atoms with van der Waals surface area (Å²) in [6.07, 6.45) is 4.02. The van der Waals surface area contributed by atoms with Crippen molar-refractivity contribution in [2.75, 3.05) is 31.5 Å². The summed E-state index contributed by atoms with van der Waals surface area (Å²) in [6, 6.07) is 17.5. The summed E-state index contributed by atoms with van der Waals surface area (Å²) >= 11 is 0. The number of benzene rings is 3. The van der Waals surface area contributed by atoms with Gasteiger partial charge in [-0.1, -0.05) is 83.5 Å². The van der Waals surface area contributed by atoms with Gasteiger partial charge in [0.25, 0.3) is 17.7 Å². The second-order valence-corrected chi connectivity index (χ2v) is 18.8. The average Bonchev–Trinajstić information content (AvgIpc) is 3.88. The molecule has 3 atom stereocenters. The molecular formula is C52H64F2N8O9. The third kappa shape index (κ3) is 16.1. The quantitative estimate of drug-likeness (QED) is 0.0397. The Bertz CT molecular complexity index is 2520. The van der Waals surface area contributed by atoms with Crippen LogP contribution in [0.2, 0.25) is 0 Å². The number of carbonyl (C=O) groups excluding carboxylic acids is 7. The van der Waals surface area contributed by atoms with E-state index in [4.69, 9.17) is 9.72 Å². The van der Waals surface area contributed by atoms with Crippen LogP contribution in [0.5, 0.6) is 0 Å². The Hall–Kier alpha value is -7.28. The maximum atomic E-state index is 15.1. The first-order valence-corrected chi connectivity index (χ1v) is 23.7. The molecule has 1 aliphatic heterocycles. The lowest BCUT2D eigenvalue weighted by Crippen LogP contribution is -2.51. The molecule has 0 saturated carbocycles. The van der Waals surface area contributed by atoms with E-state index < -0.39 is 59.1 Å². The van der Waals surface area contributed by atoms with Gasteiger partial charge in [0, 0.05) is 62.2 Å². The third-order valence-electron chi connectivity index (χ3n) is 11.6. The van der Waals surface area contributed by atoms with E-state index in [9.17, 15) is 43.1 Å². The van der Waals surface area contributed by atoms with Crippen LogP contribution in [0.15, 0.2) is 91.1 Å². The Balaban J connectivity index is 1.09. The zero-order valence-corrected chi connectivity index (χ0v) is 41.0. The first-order chi connectivity index (χ1) is 33.7. The van der Waals surface area contributed by atoms with Gasteiger partial charge >= 0.3 is 6.09 Å². The van der Waals surface area contributed by atoms with Crippen LogP contribution in [0.3, 0.4) is 0 Å². The number of anilines is 1. The monoisotopic (exact) mass is 982 g/mol. The summed E-state index contributed by atoms with van der Waals surface area (Å²) in [5.41, 5.74) is 1.38. The number of rotatable bonds is 24. The van der Waals surface area contributed by atoms with E-state index in [1.165, 1.54) is 24.0 Å². The molecule has 0 saturated heterocycles. The van der Waals surface area contributed by atoms with Crippen molar-refractivity contribution in [2.24, 2.45) is 11.3 Å². The van der Waals surface area contributed by atoms with E-state index in [0.29, 0.717) is 42.9 Å². The van der Waals surface area contributed by atoms with Crippen LogP contribution < -0.4 is 21.3 Å². The number of halogens is 2. The van der Waals surface area contributed by atoms with Crippen molar-refractivity contribution in [1.82, 2.24) is 35.3 Å². The Labute approximate surface area is 412 Å². The van der Waals surface area contributed by atoms with Gasteiger partial charge in [0.05, 0.1) is 18.3 Å². The molecule has 1 aromatic heterocycles. The lowest BCUT2D eigenvalue weighted by Gasteiger charge is -2.40. The zero-order valence-electron chi connectivity index (χ0n) is 41.0. The number of hydrogen-bond donors (Lipinski definition) is 5. The number of nitrogens with zero attached hydrogens (tertiary/aromatic N) is 4. The molecule has 4 aromatic rings. The Kier molecular flexibility index (Phi) is 19.7. The maximum absolute atomic E-state index is 15.1. The summed E-state index contributed by atoms with van der Waals surface area (Å²) in [5, 5.41) is 21.3. The number of imide groups is 1. The van der Waals surface area contributed by atoms with Gasteiger partial charge in [0.15, 0.2) is 0 Å². The van der Waals surface area contributed by atoms with Crippen molar-refractivity contribution in [3.63, 3.8) is 0 Å². The molecule has 0 radical (unpaired) electrons. The second-order valence-electron chi connectivity index (χ2n) is 18.8. The summed E-state index contributed by atoms with van der Waals surface area (Å²) in [5.74, 6) is -3.83. The lowest BCUT2D eigenvalue weighted by molar-refractivity contribution is -0.145. The fourth-order valence-electron chi connectivity index (χ4n) is 7.95.